The molecule has 36 heavy (non-hydrogen) atoms. The molecule has 0 fully saturated rings. The van der Waals surface area contributed by atoms with Gasteiger partial charge >= 0.3 is 0 Å². The van der Waals surface area contributed by atoms with E-state index in [-0.39, 0.29) is 38.0 Å². The predicted molar refractivity (Wildman–Crippen MR) is 142 cm³/mol. The normalized spacial score (nSPS) is 13.4. The van der Waals surface area contributed by atoms with Crippen molar-refractivity contribution >= 4 is 22.7 Å². The first-order valence-corrected chi connectivity index (χ1v) is 11.6. The van der Waals surface area contributed by atoms with Crippen LogP contribution in [-0.4, -0.2) is 21.4 Å². The average Bonchev–Trinajstić information content (AvgIpc) is 3.08. The number of benzene rings is 4. The zero-order valence-electron chi connectivity index (χ0n) is 19.8. The van der Waals surface area contributed by atoms with Crippen LogP contribution >= 0.6 is 0 Å². The molecule has 0 amide bonds. The van der Waals surface area contributed by atoms with Gasteiger partial charge in [0.25, 0.3) is 0 Å². The monoisotopic (exact) mass is 651 g/mol. The van der Waals surface area contributed by atoms with Crippen LogP contribution in [0.15, 0.2) is 96.0 Å². The molecule has 4 aromatic carbocycles. The molecule has 1 aliphatic rings. The molecule has 6 rings (SSSR count). The second-order valence-corrected chi connectivity index (χ2v) is 9.44. The van der Waals surface area contributed by atoms with E-state index in [9.17, 15) is 10.2 Å². The SMILES string of the molecule is CC1(C)c2ccccc2-c2cc(O)c(-c3cccc(C=Nc4cccc5cccc(O)c45)n3)cc21.[Pt]. The molecule has 2 N–H and O–H groups in total. The van der Waals surface area contributed by atoms with Crippen LogP contribution in [0.25, 0.3) is 33.2 Å². The van der Waals surface area contributed by atoms with E-state index in [0.717, 1.165) is 10.9 Å². The van der Waals surface area contributed by atoms with Gasteiger partial charge in [-0.1, -0.05) is 68.4 Å². The number of aromatic hydroxyl groups is 2. The number of phenols is 2. The second-order valence-electron chi connectivity index (χ2n) is 9.44. The number of nitrogens with zero attached hydrogens (tertiary/aromatic N) is 2. The zero-order chi connectivity index (χ0) is 24.2. The van der Waals surface area contributed by atoms with E-state index in [2.05, 4.69) is 43.1 Å². The molecule has 0 unspecified atom stereocenters. The maximum atomic E-state index is 11.0. The van der Waals surface area contributed by atoms with Gasteiger partial charge in [0.15, 0.2) is 0 Å². The molecule has 5 heteroatoms. The number of phenolic OH excluding ortho intramolecular Hbond substituents is 2. The Balaban J connectivity index is 0.00000267. The van der Waals surface area contributed by atoms with Gasteiger partial charge in [0.2, 0.25) is 0 Å². The fourth-order valence-electron chi connectivity index (χ4n) is 5.16. The van der Waals surface area contributed by atoms with Gasteiger partial charge in [-0.3, -0.25) is 4.99 Å². The second kappa shape index (κ2) is 9.04. The quantitative estimate of drug-likeness (QED) is 0.200. The summed E-state index contributed by atoms with van der Waals surface area (Å²) in [6.45, 7) is 4.43. The van der Waals surface area contributed by atoms with Crippen molar-refractivity contribution in [2.24, 2.45) is 4.99 Å². The number of pyridine rings is 1. The van der Waals surface area contributed by atoms with Gasteiger partial charge in [-0.15, -0.1) is 0 Å². The summed E-state index contributed by atoms with van der Waals surface area (Å²) in [5.74, 6) is 0.403. The summed E-state index contributed by atoms with van der Waals surface area (Å²) in [7, 11) is 0. The maximum Gasteiger partial charge on any atom is 0.125 e. The first-order chi connectivity index (χ1) is 16.9. The third-order valence-corrected chi connectivity index (χ3v) is 6.94. The summed E-state index contributed by atoms with van der Waals surface area (Å²) in [6.07, 6.45) is 1.69. The molecule has 0 radical (unpaired) electrons. The van der Waals surface area contributed by atoms with Crippen LogP contribution in [0.1, 0.15) is 30.7 Å². The largest absolute Gasteiger partial charge is 0.507 e. The number of rotatable bonds is 3. The van der Waals surface area contributed by atoms with Crippen molar-refractivity contribution in [3.8, 4) is 33.9 Å². The molecule has 5 aromatic rings. The Hall–Kier alpha value is -3.75. The molecule has 1 aliphatic carbocycles. The van der Waals surface area contributed by atoms with Crippen molar-refractivity contribution in [2.45, 2.75) is 19.3 Å². The van der Waals surface area contributed by atoms with Crippen LogP contribution in [0.4, 0.5) is 5.69 Å². The van der Waals surface area contributed by atoms with Gasteiger partial charge in [0, 0.05) is 37.4 Å². The van der Waals surface area contributed by atoms with Gasteiger partial charge < -0.3 is 10.2 Å². The van der Waals surface area contributed by atoms with E-state index in [4.69, 9.17) is 4.98 Å². The van der Waals surface area contributed by atoms with E-state index in [1.807, 2.05) is 60.7 Å². The van der Waals surface area contributed by atoms with Crippen LogP contribution < -0.4 is 0 Å². The number of fused-ring (bicyclic) bond motifs is 4. The summed E-state index contributed by atoms with van der Waals surface area (Å²) >= 11 is 0. The standard InChI is InChI=1S/C31H24N2O2.Pt/c1-31(2)24-12-4-3-11-21(24)22-17-29(35)23(16-25(22)31)26-13-7-10-20(33-26)18-32-27-14-5-8-19-9-6-15-28(34)30(19)27;/h3-18,34-35H,1-2H3;. The topological polar surface area (TPSA) is 65.7 Å². The Labute approximate surface area is 224 Å². The Morgan fingerprint density at radius 3 is 2.31 bits per heavy atom. The number of aliphatic imine (C=N–C) groups is 1. The van der Waals surface area contributed by atoms with Crippen molar-refractivity contribution in [2.75, 3.05) is 0 Å². The Morgan fingerprint density at radius 2 is 1.47 bits per heavy atom. The van der Waals surface area contributed by atoms with Crippen LogP contribution in [0.3, 0.4) is 0 Å². The van der Waals surface area contributed by atoms with Crippen molar-refractivity contribution in [3.05, 3.63) is 108 Å². The number of aromatic nitrogens is 1. The Kier molecular flexibility index (Phi) is 6.02. The minimum Gasteiger partial charge on any atom is -0.507 e. The Morgan fingerprint density at radius 1 is 0.722 bits per heavy atom. The minimum absolute atomic E-state index is 0. The molecule has 1 aromatic heterocycles. The smallest absolute Gasteiger partial charge is 0.125 e. The molecule has 0 saturated carbocycles. The van der Waals surface area contributed by atoms with Crippen molar-refractivity contribution in [3.63, 3.8) is 0 Å². The minimum atomic E-state index is -0.163. The fourth-order valence-corrected chi connectivity index (χ4v) is 5.16. The number of hydrogen-bond donors (Lipinski definition) is 2. The van der Waals surface area contributed by atoms with Crippen LogP contribution in [0, 0.1) is 0 Å². The third kappa shape index (κ3) is 3.83. The van der Waals surface area contributed by atoms with E-state index >= 15 is 0 Å². The molecule has 4 nitrogen and oxygen atoms in total. The molecule has 0 atom stereocenters. The van der Waals surface area contributed by atoms with Gasteiger partial charge in [0.05, 0.1) is 23.3 Å². The van der Waals surface area contributed by atoms with Crippen LogP contribution in [0.2, 0.25) is 0 Å². The summed E-state index contributed by atoms with van der Waals surface area (Å²) in [5.41, 5.74) is 7.23. The maximum absolute atomic E-state index is 11.0. The Bertz CT molecular complexity index is 1650. The molecule has 0 saturated heterocycles. The zero-order valence-corrected chi connectivity index (χ0v) is 22.1. The molecule has 180 valence electrons. The summed E-state index contributed by atoms with van der Waals surface area (Å²) in [5, 5.41) is 22.9. The van der Waals surface area contributed by atoms with Crippen LogP contribution in [0.5, 0.6) is 11.5 Å². The first-order valence-electron chi connectivity index (χ1n) is 11.6. The van der Waals surface area contributed by atoms with Gasteiger partial charge in [-0.25, -0.2) is 4.98 Å². The van der Waals surface area contributed by atoms with E-state index in [1.165, 1.54) is 16.7 Å². The molecule has 1 heterocycles. The molecular weight excluding hydrogens is 627 g/mol. The molecule has 0 aliphatic heterocycles. The summed E-state index contributed by atoms with van der Waals surface area (Å²) in [6, 6.07) is 29.2. The fraction of sp³-hybridized carbons (Fsp3) is 0.0968. The van der Waals surface area contributed by atoms with Gasteiger partial charge in [-0.2, -0.15) is 0 Å². The predicted octanol–water partition coefficient (Wildman–Crippen LogP) is 7.37. The van der Waals surface area contributed by atoms with Gasteiger partial charge in [-0.05, 0) is 64.0 Å². The molecule has 0 bridgehead atoms. The summed E-state index contributed by atoms with van der Waals surface area (Å²) < 4.78 is 0. The molecular formula is C31H24N2O2Pt. The van der Waals surface area contributed by atoms with Crippen molar-refractivity contribution < 1.29 is 31.3 Å². The third-order valence-electron chi connectivity index (χ3n) is 6.94. The van der Waals surface area contributed by atoms with Gasteiger partial charge in [0.1, 0.15) is 11.5 Å². The molecule has 0 spiro atoms. The van der Waals surface area contributed by atoms with Crippen LogP contribution in [-0.2, 0) is 26.5 Å². The average molecular weight is 652 g/mol. The number of hydrogen-bond acceptors (Lipinski definition) is 4. The van der Waals surface area contributed by atoms with E-state index in [1.54, 1.807) is 12.3 Å². The van der Waals surface area contributed by atoms with Crippen molar-refractivity contribution in [1.82, 2.24) is 4.98 Å². The van der Waals surface area contributed by atoms with E-state index in [0.29, 0.717) is 28.0 Å². The van der Waals surface area contributed by atoms with E-state index < -0.39 is 0 Å². The summed E-state index contributed by atoms with van der Waals surface area (Å²) in [4.78, 5) is 9.39. The van der Waals surface area contributed by atoms with Crippen molar-refractivity contribution in [1.29, 1.82) is 0 Å². The first kappa shape index (κ1) is 24.0.